The van der Waals surface area contributed by atoms with Crippen molar-refractivity contribution in [1.29, 1.82) is 5.41 Å². The van der Waals surface area contributed by atoms with E-state index in [0.717, 1.165) is 5.56 Å². The monoisotopic (exact) mass is 410 g/mol. The van der Waals surface area contributed by atoms with E-state index in [4.69, 9.17) is 40.2 Å². The summed E-state index contributed by atoms with van der Waals surface area (Å²) in [5.41, 5.74) is 1.82. The number of nitrogens with zero attached hydrogens (tertiary/aromatic N) is 3. The molecule has 0 aliphatic heterocycles. The van der Waals surface area contributed by atoms with E-state index in [9.17, 15) is 0 Å². The molecule has 0 saturated carbocycles. The molecular weight excluding hydrogens is 399 g/mol. The van der Waals surface area contributed by atoms with Crippen LogP contribution in [0, 0.1) is 5.41 Å². The van der Waals surface area contributed by atoms with Gasteiger partial charge in [0.25, 0.3) is 0 Å². The van der Waals surface area contributed by atoms with Gasteiger partial charge in [-0.3, -0.25) is 5.41 Å². The Morgan fingerprint density at radius 3 is 2.48 bits per heavy atom. The van der Waals surface area contributed by atoms with E-state index in [2.05, 4.69) is 10.1 Å². The van der Waals surface area contributed by atoms with Crippen LogP contribution in [-0.2, 0) is 12.2 Å². The third-order valence-electron chi connectivity index (χ3n) is 3.34. The molecule has 0 radical (unpaired) electrons. The lowest BCUT2D eigenvalue weighted by atomic mass is 10.2. The van der Waals surface area contributed by atoms with Gasteiger partial charge in [0, 0.05) is 15.8 Å². The highest BCUT2D eigenvalue weighted by Gasteiger charge is 2.09. The van der Waals surface area contributed by atoms with Crippen LogP contribution in [0.25, 0.3) is 5.69 Å². The summed E-state index contributed by atoms with van der Waals surface area (Å²) in [7, 11) is 0. The molecule has 0 aliphatic rings. The van der Waals surface area contributed by atoms with Crippen molar-refractivity contribution in [2.24, 2.45) is 0 Å². The average molecular weight is 412 g/mol. The zero-order valence-corrected chi connectivity index (χ0v) is 16.0. The van der Waals surface area contributed by atoms with Crippen molar-refractivity contribution in [1.82, 2.24) is 14.8 Å². The lowest BCUT2D eigenvalue weighted by Gasteiger charge is -2.04. The maximum atomic E-state index is 8.11. The Morgan fingerprint density at radius 2 is 1.76 bits per heavy atom. The Kier molecular flexibility index (Phi) is 6.02. The quantitative estimate of drug-likeness (QED) is 0.434. The summed E-state index contributed by atoms with van der Waals surface area (Å²) in [5.74, 6) is 1.28. The molecule has 8 heteroatoms. The van der Waals surface area contributed by atoms with Crippen LogP contribution >= 0.6 is 46.6 Å². The van der Waals surface area contributed by atoms with Crippen molar-refractivity contribution in [3.05, 3.63) is 75.2 Å². The van der Waals surface area contributed by atoms with Crippen molar-refractivity contribution in [2.75, 3.05) is 0 Å². The van der Waals surface area contributed by atoms with E-state index in [1.54, 1.807) is 29.2 Å². The number of rotatable bonds is 5. The van der Waals surface area contributed by atoms with Gasteiger partial charge in [-0.25, -0.2) is 9.67 Å². The van der Waals surface area contributed by atoms with E-state index in [0.29, 0.717) is 43.8 Å². The number of hydrogen-bond acceptors (Lipinski definition) is 4. The first-order chi connectivity index (χ1) is 12.0. The average Bonchev–Trinajstić information content (AvgIpc) is 3.02. The summed E-state index contributed by atoms with van der Waals surface area (Å²) in [6.45, 7) is 0. The van der Waals surface area contributed by atoms with Gasteiger partial charge in [-0.2, -0.15) is 5.10 Å². The van der Waals surface area contributed by atoms with Crippen molar-refractivity contribution in [3.8, 4) is 5.69 Å². The minimum Gasteiger partial charge on any atom is -0.298 e. The van der Waals surface area contributed by atoms with Crippen LogP contribution in [0.5, 0.6) is 0 Å². The molecule has 0 unspecified atom stereocenters. The van der Waals surface area contributed by atoms with Gasteiger partial charge in [0.2, 0.25) is 0 Å². The molecule has 1 heterocycles. The van der Waals surface area contributed by atoms with Gasteiger partial charge in [-0.05, 0) is 35.9 Å². The van der Waals surface area contributed by atoms with E-state index in [-0.39, 0.29) is 0 Å². The first-order valence-corrected chi connectivity index (χ1v) is 9.44. The zero-order chi connectivity index (χ0) is 17.8. The van der Waals surface area contributed by atoms with Gasteiger partial charge in [0.1, 0.15) is 6.33 Å². The zero-order valence-electron chi connectivity index (χ0n) is 12.9. The molecule has 0 aliphatic carbocycles. The second-order valence-electron chi connectivity index (χ2n) is 5.22. The molecule has 128 valence electrons. The lowest BCUT2D eigenvalue weighted by molar-refractivity contribution is 0.856. The number of halogens is 3. The van der Waals surface area contributed by atoms with Crippen molar-refractivity contribution >= 4 is 51.6 Å². The van der Waals surface area contributed by atoms with Gasteiger partial charge in [0.05, 0.1) is 22.2 Å². The van der Waals surface area contributed by atoms with Crippen LogP contribution in [0.4, 0.5) is 0 Å². The Labute approximate surface area is 164 Å². The Bertz CT molecular complexity index is 893. The van der Waals surface area contributed by atoms with Gasteiger partial charge in [-0.1, -0.05) is 46.9 Å². The number of aromatic nitrogens is 3. The Morgan fingerprint density at radius 1 is 1.04 bits per heavy atom. The summed E-state index contributed by atoms with van der Waals surface area (Å²) in [6, 6.07) is 12.8. The summed E-state index contributed by atoms with van der Waals surface area (Å²) >= 11 is 19.4. The minimum atomic E-state index is 0.371. The molecule has 0 atom stereocenters. The molecule has 2 aromatic carbocycles. The predicted octanol–water partition coefficient (Wildman–Crippen LogP) is 5.68. The third kappa shape index (κ3) is 4.98. The topological polar surface area (TPSA) is 54.6 Å². The van der Waals surface area contributed by atoms with Crippen molar-refractivity contribution < 1.29 is 0 Å². The molecule has 1 aromatic heterocycles. The summed E-state index contributed by atoms with van der Waals surface area (Å²) in [5, 5.41) is 14.8. The third-order valence-corrected chi connectivity index (χ3v) is 5.10. The molecule has 25 heavy (non-hydrogen) atoms. The number of benzene rings is 2. The van der Waals surface area contributed by atoms with Crippen LogP contribution in [0.1, 0.15) is 11.4 Å². The highest BCUT2D eigenvalue weighted by atomic mass is 35.5. The summed E-state index contributed by atoms with van der Waals surface area (Å²) < 4.78 is 1.59. The van der Waals surface area contributed by atoms with E-state index in [1.165, 1.54) is 11.8 Å². The molecule has 3 aromatic rings. The number of hydrogen-bond donors (Lipinski definition) is 1. The fourth-order valence-electron chi connectivity index (χ4n) is 2.11. The number of thioether (sulfide) groups is 1. The molecule has 0 spiro atoms. The van der Waals surface area contributed by atoms with Crippen LogP contribution in [0.15, 0.2) is 48.8 Å². The van der Waals surface area contributed by atoms with Gasteiger partial charge in [0.15, 0.2) is 5.82 Å². The highest BCUT2D eigenvalue weighted by Crippen LogP contribution is 2.24. The SMILES string of the molecule is N=C(Cc1ncn(-c2ccc(Cl)cc2Cl)n1)SCc1ccc(Cl)cc1. The lowest BCUT2D eigenvalue weighted by Crippen LogP contribution is -2.02. The van der Waals surface area contributed by atoms with Crippen LogP contribution in [0.2, 0.25) is 15.1 Å². The maximum Gasteiger partial charge on any atom is 0.157 e. The Balaban J connectivity index is 1.60. The molecule has 4 nitrogen and oxygen atoms in total. The summed E-state index contributed by atoms with van der Waals surface area (Å²) in [4.78, 5) is 4.25. The number of nitrogens with one attached hydrogen (secondary N) is 1. The Hall–Kier alpha value is -1.53. The van der Waals surface area contributed by atoms with Crippen LogP contribution < -0.4 is 0 Å². The van der Waals surface area contributed by atoms with E-state index < -0.39 is 0 Å². The molecule has 0 bridgehead atoms. The molecule has 0 fully saturated rings. The predicted molar refractivity (Wildman–Crippen MR) is 106 cm³/mol. The second kappa shape index (κ2) is 8.23. The normalized spacial score (nSPS) is 10.8. The first kappa shape index (κ1) is 18.3. The molecular formula is C17H13Cl3N4S. The molecule has 1 N–H and O–H groups in total. The van der Waals surface area contributed by atoms with Gasteiger partial charge in [-0.15, -0.1) is 11.8 Å². The smallest absolute Gasteiger partial charge is 0.157 e. The standard InChI is InChI=1S/C17H13Cl3N4S/c18-12-3-1-11(2-4-12)9-25-16(21)8-17-22-10-24(23-17)15-6-5-13(19)7-14(15)20/h1-7,10,21H,8-9H2. The fraction of sp³-hybridized carbons (Fsp3) is 0.118. The highest BCUT2D eigenvalue weighted by molar-refractivity contribution is 8.13. The van der Waals surface area contributed by atoms with Crippen LogP contribution in [0.3, 0.4) is 0 Å². The largest absolute Gasteiger partial charge is 0.298 e. The minimum absolute atomic E-state index is 0.371. The van der Waals surface area contributed by atoms with Crippen molar-refractivity contribution in [3.63, 3.8) is 0 Å². The molecule has 0 saturated heterocycles. The first-order valence-electron chi connectivity index (χ1n) is 7.32. The fourth-order valence-corrected chi connectivity index (χ4v) is 3.49. The second-order valence-corrected chi connectivity index (χ2v) is 7.57. The van der Waals surface area contributed by atoms with Gasteiger partial charge < -0.3 is 0 Å². The molecule has 0 amide bonds. The maximum absolute atomic E-state index is 8.11. The van der Waals surface area contributed by atoms with Crippen LogP contribution in [-0.4, -0.2) is 19.8 Å². The van der Waals surface area contributed by atoms with Crippen molar-refractivity contribution in [2.45, 2.75) is 12.2 Å². The molecule has 3 rings (SSSR count). The van der Waals surface area contributed by atoms with E-state index >= 15 is 0 Å². The summed E-state index contributed by atoms with van der Waals surface area (Å²) in [6.07, 6.45) is 1.96. The van der Waals surface area contributed by atoms with Gasteiger partial charge >= 0.3 is 0 Å². The van der Waals surface area contributed by atoms with E-state index in [1.807, 2.05) is 24.3 Å².